The van der Waals surface area contributed by atoms with Crippen LogP contribution in [0.2, 0.25) is 0 Å². The van der Waals surface area contributed by atoms with Crippen LogP contribution in [0.1, 0.15) is 24.1 Å². The van der Waals surface area contributed by atoms with Crippen LogP contribution in [0.3, 0.4) is 0 Å². The fourth-order valence-corrected chi connectivity index (χ4v) is 3.25. The number of urea groups is 1. The molecule has 1 fully saturated rings. The first-order chi connectivity index (χ1) is 13.2. The third-order valence-corrected chi connectivity index (χ3v) is 4.85. The molecule has 2 aromatic rings. The summed E-state index contributed by atoms with van der Waals surface area (Å²) >= 11 is 0. The summed E-state index contributed by atoms with van der Waals surface area (Å²) in [4.78, 5) is 18.6. The van der Waals surface area contributed by atoms with Crippen LogP contribution in [0.15, 0.2) is 42.6 Å². The minimum Gasteiger partial charge on any atom is -0.493 e. The van der Waals surface area contributed by atoms with Crippen molar-refractivity contribution in [2.45, 2.75) is 32.3 Å². The van der Waals surface area contributed by atoms with Crippen molar-refractivity contribution >= 4 is 6.03 Å². The number of ether oxygens (including phenoxy) is 2. The van der Waals surface area contributed by atoms with Crippen molar-refractivity contribution in [1.29, 1.82) is 0 Å². The number of likely N-dealkylation sites (tertiary alicyclic amines) is 1. The second-order valence-corrected chi connectivity index (χ2v) is 6.70. The van der Waals surface area contributed by atoms with Crippen molar-refractivity contribution < 1.29 is 14.3 Å². The van der Waals surface area contributed by atoms with Gasteiger partial charge >= 0.3 is 6.03 Å². The van der Waals surface area contributed by atoms with Crippen LogP contribution in [0.4, 0.5) is 4.79 Å². The number of pyridine rings is 1. The lowest BCUT2D eigenvalue weighted by Gasteiger charge is -2.32. The molecule has 144 valence electrons. The molecule has 2 heterocycles. The molecule has 1 aliphatic heterocycles. The van der Waals surface area contributed by atoms with E-state index in [-0.39, 0.29) is 12.1 Å². The van der Waals surface area contributed by atoms with Gasteiger partial charge in [0.2, 0.25) is 0 Å². The SMILES string of the molecule is COc1ccccc1OC1CCN(C(=O)NCCc2ncccc2C)CC1. The van der Waals surface area contributed by atoms with E-state index in [1.165, 1.54) is 0 Å². The Morgan fingerprint density at radius 3 is 2.63 bits per heavy atom. The van der Waals surface area contributed by atoms with Crippen LogP contribution in [0.25, 0.3) is 0 Å². The number of aromatic nitrogens is 1. The minimum atomic E-state index is -0.0145. The zero-order valence-corrected chi connectivity index (χ0v) is 16.0. The van der Waals surface area contributed by atoms with E-state index in [0.29, 0.717) is 19.6 Å². The zero-order valence-electron chi connectivity index (χ0n) is 16.0. The lowest BCUT2D eigenvalue weighted by molar-refractivity contribution is 0.108. The maximum atomic E-state index is 12.4. The van der Waals surface area contributed by atoms with Crippen molar-refractivity contribution in [1.82, 2.24) is 15.2 Å². The number of amides is 2. The van der Waals surface area contributed by atoms with Crippen molar-refractivity contribution in [3.63, 3.8) is 0 Å². The quantitative estimate of drug-likeness (QED) is 0.849. The molecular weight excluding hydrogens is 342 g/mol. The summed E-state index contributed by atoms with van der Waals surface area (Å²) in [6.07, 6.45) is 4.25. The van der Waals surface area contributed by atoms with E-state index in [1.807, 2.05) is 48.2 Å². The average molecular weight is 369 g/mol. The molecule has 0 aliphatic carbocycles. The van der Waals surface area contributed by atoms with Gasteiger partial charge in [-0.15, -0.1) is 0 Å². The number of carbonyl (C=O) groups is 1. The van der Waals surface area contributed by atoms with Gasteiger partial charge in [-0.1, -0.05) is 18.2 Å². The van der Waals surface area contributed by atoms with Gasteiger partial charge in [0, 0.05) is 50.8 Å². The van der Waals surface area contributed by atoms with E-state index in [2.05, 4.69) is 10.3 Å². The molecule has 1 aromatic carbocycles. The maximum absolute atomic E-state index is 12.4. The van der Waals surface area contributed by atoms with E-state index in [0.717, 1.165) is 42.0 Å². The summed E-state index contributed by atoms with van der Waals surface area (Å²) < 4.78 is 11.4. The Kier molecular flexibility index (Phi) is 6.52. The Morgan fingerprint density at radius 2 is 1.93 bits per heavy atom. The Labute approximate surface area is 160 Å². The minimum absolute atomic E-state index is 0.0145. The number of hydrogen-bond donors (Lipinski definition) is 1. The monoisotopic (exact) mass is 369 g/mol. The first-order valence-corrected chi connectivity index (χ1v) is 9.40. The van der Waals surface area contributed by atoms with E-state index >= 15 is 0 Å². The van der Waals surface area contributed by atoms with Gasteiger partial charge in [0.15, 0.2) is 11.5 Å². The van der Waals surface area contributed by atoms with Gasteiger partial charge < -0.3 is 19.7 Å². The summed E-state index contributed by atoms with van der Waals surface area (Å²) in [5, 5.41) is 3.00. The number of nitrogens with zero attached hydrogens (tertiary/aromatic N) is 2. The highest BCUT2D eigenvalue weighted by Crippen LogP contribution is 2.28. The molecule has 0 saturated carbocycles. The normalized spacial score (nSPS) is 14.7. The smallest absolute Gasteiger partial charge is 0.317 e. The number of aryl methyl sites for hydroxylation is 1. The highest BCUT2D eigenvalue weighted by molar-refractivity contribution is 5.74. The summed E-state index contributed by atoms with van der Waals surface area (Å²) in [6.45, 7) is 4.01. The predicted octanol–water partition coefficient (Wildman–Crippen LogP) is 3.19. The summed E-state index contributed by atoms with van der Waals surface area (Å²) in [6, 6.07) is 11.6. The standard InChI is InChI=1S/C21H27N3O3/c1-16-6-5-12-22-18(16)9-13-23-21(25)24-14-10-17(11-15-24)27-20-8-4-3-7-19(20)26-2/h3-8,12,17H,9-11,13-15H2,1-2H3,(H,23,25). The Balaban J connectivity index is 1.42. The topological polar surface area (TPSA) is 63.7 Å². The van der Waals surface area contributed by atoms with Crippen LogP contribution >= 0.6 is 0 Å². The van der Waals surface area contributed by atoms with Gasteiger partial charge in [0.25, 0.3) is 0 Å². The molecule has 0 radical (unpaired) electrons. The van der Waals surface area contributed by atoms with Gasteiger partial charge in [0.05, 0.1) is 7.11 Å². The van der Waals surface area contributed by atoms with Crippen molar-refractivity contribution in [3.05, 3.63) is 53.9 Å². The van der Waals surface area contributed by atoms with E-state index in [4.69, 9.17) is 9.47 Å². The zero-order chi connectivity index (χ0) is 19.1. The van der Waals surface area contributed by atoms with Crippen molar-refractivity contribution in [2.24, 2.45) is 0 Å². The molecule has 0 bridgehead atoms. The first kappa shape index (κ1) is 19.0. The van der Waals surface area contributed by atoms with E-state index in [9.17, 15) is 4.79 Å². The third kappa shape index (κ3) is 5.12. The molecule has 0 atom stereocenters. The number of hydrogen-bond acceptors (Lipinski definition) is 4. The van der Waals surface area contributed by atoms with Gasteiger partial charge in [-0.3, -0.25) is 4.98 Å². The molecule has 1 saturated heterocycles. The molecule has 1 aliphatic rings. The molecule has 3 rings (SSSR count). The highest BCUT2D eigenvalue weighted by Gasteiger charge is 2.24. The van der Waals surface area contributed by atoms with Gasteiger partial charge in [0.1, 0.15) is 6.10 Å². The molecule has 6 heteroatoms. The van der Waals surface area contributed by atoms with Gasteiger partial charge in [-0.25, -0.2) is 4.79 Å². The molecule has 0 spiro atoms. The van der Waals surface area contributed by atoms with Crippen molar-refractivity contribution in [2.75, 3.05) is 26.7 Å². The predicted molar refractivity (Wildman–Crippen MR) is 104 cm³/mol. The van der Waals surface area contributed by atoms with Crippen LogP contribution in [0.5, 0.6) is 11.5 Å². The molecule has 2 amide bonds. The Hall–Kier alpha value is -2.76. The molecule has 6 nitrogen and oxygen atoms in total. The lowest BCUT2D eigenvalue weighted by atomic mass is 10.1. The van der Waals surface area contributed by atoms with Crippen LogP contribution in [-0.4, -0.2) is 48.8 Å². The number of methoxy groups -OCH3 is 1. The Morgan fingerprint density at radius 1 is 1.19 bits per heavy atom. The number of carbonyl (C=O) groups excluding carboxylic acids is 1. The van der Waals surface area contributed by atoms with Gasteiger partial charge in [-0.05, 0) is 30.7 Å². The van der Waals surface area contributed by atoms with Gasteiger partial charge in [-0.2, -0.15) is 0 Å². The fourth-order valence-electron chi connectivity index (χ4n) is 3.25. The van der Waals surface area contributed by atoms with Crippen LogP contribution in [0, 0.1) is 6.92 Å². The average Bonchev–Trinajstić information content (AvgIpc) is 2.70. The summed E-state index contributed by atoms with van der Waals surface area (Å²) in [5.74, 6) is 1.50. The molecule has 0 unspecified atom stereocenters. The maximum Gasteiger partial charge on any atom is 0.317 e. The largest absolute Gasteiger partial charge is 0.493 e. The molecule has 1 aromatic heterocycles. The van der Waals surface area contributed by atoms with E-state index in [1.54, 1.807) is 13.3 Å². The molecular formula is C21H27N3O3. The fraction of sp³-hybridized carbons (Fsp3) is 0.429. The summed E-state index contributed by atoms with van der Waals surface area (Å²) in [5.41, 5.74) is 2.18. The lowest BCUT2D eigenvalue weighted by Crippen LogP contribution is -2.46. The first-order valence-electron chi connectivity index (χ1n) is 9.40. The summed E-state index contributed by atoms with van der Waals surface area (Å²) in [7, 11) is 1.64. The number of para-hydroxylation sites is 2. The van der Waals surface area contributed by atoms with Crippen LogP contribution < -0.4 is 14.8 Å². The Bertz CT molecular complexity index is 758. The van der Waals surface area contributed by atoms with Crippen molar-refractivity contribution in [3.8, 4) is 11.5 Å². The second-order valence-electron chi connectivity index (χ2n) is 6.70. The molecule has 1 N–H and O–H groups in total. The number of piperidine rings is 1. The highest BCUT2D eigenvalue weighted by atomic mass is 16.5. The molecule has 27 heavy (non-hydrogen) atoms. The third-order valence-electron chi connectivity index (χ3n) is 4.85. The van der Waals surface area contributed by atoms with E-state index < -0.39 is 0 Å². The van der Waals surface area contributed by atoms with Crippen LogP contribution in [-0.2, 0) is 6.42 Å². The number of nitrogens with one attached hydrogen (secondary N) is 1. The second kappa shape index (κ2) is 9.26. The number of benzene rings is 1. The number of rotatable bonds is 6.